The van der Waals surface area contributed by atoms with Crippen molar-refractivity contribution in [2.24, 2.45) is 5.92 Å². The first-order valence-corrected chi connectivity index (χ1v) is 9.20. The summed E-state index contributed by atoms with van der Waals surface area (Å²) in [5, 5.41) is 3.02. The standard InChI is InChI=1S/C19H25N3O3/c23-18(20-16-5-6-16)12-21-7-9-22(10-8-21)19(24)15-11-14-3-1-2-4-17(14)25-13-15/h1-4,15-16H,5-13H2,(H,20,23). The van der Waals surface area contributed by atoms with E-state index in [2.05, 4.69) is 10.2 Å². The lowest BCUT2D eigenvalue weighted by Gasteiger charge is -2.37. The molecule has 0 spiro atoms. The molecule has 2 amide bonds. The largest absolute Gasteiger partial charge is 0.492 e. The Balaban J connectivity index is 1.26. The van der Waals surface area contributed by atoms with E-state index in [0.29, 0.717) is 32.3 Å². The minimum atomic E-state index is -0.0976. The number of nitrogens with zero attached hydrogens (tertiary/aromatic N) is 2. The number of fused-ring (bicyclic) bond motifs is 1. The second-order valence-corrected chi connectivity index (χ2v) is 7.26. The lowest BCUT2D eigenvalue weighted by Crippen LogP contribution is -2.53. The number of para-hydroxylation sites is 1. The van der Waals surface area contributed by atoms with E-state index in [4.69, 9.17) is 4.74 Å². The van der Waals surface area contributed by atoms with Crippen molar-refractivity contribution in [3.8, 4) is 5.75 Å². The molecule has 0 aromatic heterocycles. The van der Waals surface area contributed by atoms with Crippen LogP contribution in [-0.2, 0) is 16.0 Å². The number of carbonyl (C=O) groups is 2. The van der Waals surface area contributed by atoms with Gasteiger partial charge in [-0.05, 0) is 30.9 Å². The molecule has 0 radical (unpaired) electrons. The Hall–Kier alpha value is -2.08. The Morgan fingerprint density at radius 2 is 1.88 bits per heavy atom. The topological polar surface area (TPSA) is 61.9 Å². The highest BCUT2D eigenvalue weighted by Gasteiger charge is 2.32. The van der Waals surface area contributed by atoms with Crippen LogP contribution < -0.4 is 10.1 Å². The molecule has 134 valence electrons. The third-order valence-electron chi connectivity index (χ3n) is 5.22. The molecular formula is C19H25N3O3. The molecule has 0 bridgehead atoms. The Kier molecular flexibility index (Phi) is 4.61. The molecule has 6 heteroatoms. The van der Waals surface area contributed by atoms with E-state index in [1.165, 1.54) is 0 Å². The first kappa shape index (κ1) is 16.4. The molecule has 1 unspecified atom stereocenters. The van der Waals surface area contributed by atoms with Gasteiger partial charge in [0.25, 0.3) is 0 Å². The first-order valence-electron chi connectivity index (χ1n) is 9.20. The summed E-state index contributed by atoms with van der Waals surface area (Å²) in [6, 6.07) is 8.34. The number of hydrogen-bond donors (Lipinski definition) is 1. The van der Waals surface area contributed by atoms with Crippen LogP contribution in [0.3, 0.4) is 0 Å². The lowest BCUT2D eigenvalue weighted by molar-refractivity contribution is -0.138. The normalized spacial score (nSPS) is 23.5. The fraction of sp³-hybridized carbons (Fsp3) is 0.579. The quantitative estimate of drug-likeness (QED) is 0.872. The third kappa shape index (κ3) is 3.95. The molecule has 2 fully saturated rings. The lowest BCUT2D eigenvalue weighted by atomic mass is 9.95. The monoisotopic (exact) mass is 343 g/mol. The van der Waals surface area contributed by atoms with Gasteiger partial charge >= 0.3 is 0 Å². The number of piperazine rings is 1. The molecule has 2 heterocycles. The molecule has 1 saturated carbocycles. The van der Waals surface area contributed by atoms with Gasteiger partial charge in [-0.2, -0.15) is 0 Å². The molecule has 1 atom stereocenters. The van der Waals surface area contributed by atoms with Crippen LogP contribution in [0.15, 0.2) is 24.3 Å². The number of amides is 2. The second kappa shape index (κ2) is 7.04. The summed E-state index contributed by atoms with van der Waals surface area (Å²) in [5.41, 5.74) is 1.11. The van der Waals surface area contributed by atoms with Crippen molar-refractivity contribution in [1.82, 2.24) is 15.1 Å². The average Bonchev–Trinajstić information content (AvgIpc) is 3.45. The zero-order valence-corrected chi connectivity index (χ0v) is 14.4. The van der Waals surface area contributed by atoms with E-state index in [0.717, 1.165) is 43.7 Å². The highest BCUT2D eigenvalue weighted by Crippen LogP contribution is 2.28. The Morgan fingerprint density at radius 1 is 1.12 bits per heavy atom. The predicted molar refractivity (Wildman–Crippen MR) is 93.3 cm³/mol. The number of nitrogens with one attached hydrogen (secondary N) is 1. The van der Waals surface area contributed by atoms with Crippen molar-refractivity contribution in [3.63, 3.8) is 0 Å². The number of ether oxygens (including phenoxy) is 1. The summed E-state index contributed by atoms with van der Waals surface area (Å²) in [6.45, 7) is 3.79. The molecule has 4 rings (SSSR count). The highest BCUT2D eigenvalue weighted by molar-refractivity contribution is 5.80. The molecule has 6 nitrogen and oxygen atoms in total. The van der Waals surface area contributed by atoms with Gasteiger partial charge in [-0.15, -0.1) is 0 Å². The van der Waals surface area contributed by atoms with Gasteiger partial charge in [0.1, 0.15) is 12.4 Å². The van der Waals surface area contributed by atoms with Crippen LogP contribution in [0.5, 0.6) is 5.75 Å². The van der Waals surface area contributed by atoms with Gasteiger partial charge < -0.3 is 15.0 Å². The Morgan fingerprint density at radius 3 is 2.64 bits per heavy atom. The Labute approximate surface area is 148 Å². The third-order valence-corrected chi connectivity index (χ3v) is 5.22. The van der Waals surface area contributed by atoms with E-state index >= 15 is 0 Å². The summed E-state index contributed by atoms with van der Waals surface area (Å²) in [7, 11) is 0. The highest BCUT2D eigenvalue weighted by atomic mass is 16.5. The minimum Gasteiger partial charge on any atom is -0.492 e. The van der Waals surface area contributed by atoms with E-state index < -0.39 is 0 Å². The van der Waals surface area contributed by atoms with Crippen molar-refractivity contribution in [3.05, 3.63) is 29.8 Å². The number of benzene rings is 1. The first-order chi connectivity index (χ1) is 12.2. The zero-order valence-electron chi connectivity index (χ0n) is 14.4. The number of hydrogen-bond acceptors (Lipinski definition) is 4. The molecule has 1 aromatic carbocycles. The maximum atomic E-state index is 12.8. The molecule has 1 saturated heterocycles. The summed E-state index contributed by atoms with van der Waals surface area (Å²) in [5.74, 6) is 1.09. The maximum Gasteiger partial charge on any atom is 0.234 e. The van der Waals surface area contributed by atoms with Gasteiger partial charge in [0.05, 0.1) is 12.5 Å². The minimum absolute atomic E-state index is 0.0976. The molecular weight excluding hydrogens is 318 g/mol. The van der Waals surface area contributed by atoms with Crippen LogP contribution in [0.1, 0.15) is 18.4 Å². The summed E-state index contributed by atoms with van der Waals surface area (Å²) >= 11 is 0. The molecule has 3 aliphatic rings. The van der Waals surface area contributed by atoms with E-state index in [1.807, 2.05) is 29.2 Å². The van der Waals surface area contributed by atoms with Crippen molar-refractivity contribution < 1.29 is 14.3 Å². The van der Waals surface area contributed by atoms with Crippen LogP contribution in [0, 0.1) is 5.92 Å². The molecule has 25 heavy (non-hydrogen) atoms. The van der Waals surface area contributed by atoms with Crippen LogP contribution in [-0.4, -0.2) is 67.0 Å². The zero-order chi connectivity index (χ0) is 17.2. The maximum absolute atomic E-state index is 12.8. The van der Waals surface area contributed by atoms with Gasteiger partial charge in [0, 0.05) is 32.2 Å². The number of carbonyl (C=O) groups excluding carboxylic acids is 2. The van der Waals surface area contributed by atoms with Gasteiger partial charge in [0.15, 0.2) is 0 Å². The van der Waals surface area contributed by atoms with Crippen LogP contribution in [0.2, 0.25) is 0 Å². The average molecular weight is 343 g/mol. The van der Waals surface area contributed by atoms with Gasteiger partial charge in [0.2, 0.25) is 11.8 Å². The summed E-state index contributed by atoms with van der Waals surface area (Å²) < 4.78 is 5.75. The van der Waals surface area contributed by atoms with E-state index in [1.54, 1.807) is 0 Å². The van der Waals surface area contributed by atoms with Gasteiger partial charge in [-0.3, -0.25) is 14.5 Å². The van der Waals surface area contributed by atoms with Gasteiger partial charge in [-0.1, -0.05) is 18.2 Å². The van der Waals surface area contributed by atoms with Crippen LogP contribution in [0.25, 0.3) is 0 Å². The van der Waals surface area contributed by atoms with Crippen molar-refractivity contribution in [2.45, 2.75) is 25.3 Å². The summed E-state index contributed by atoms with van der Waals surface area (Å²) in [6.07, 6.45) is 2.97. The van der Waals surface area contributed by atoms with Crippen LogP contribution >= 0.6 is 0 Å². The van der Waals surface area contributed by atoms with Gasteiger partial charge in [-0.25, -0.2) is 0 Å². The smallest absolute Gasteiger partial charge is 0.234 e. The SMILES string of the molecule is O=C(CN1CCN(C(=O)C2COc3ccccc3C2)CC1)NC1CC1. The molecule has 1 aliphatic carbocycles. The fourth-order valence-corrected chi connectivity index (χ4v) is 3.58. The second-order valence-electron chi connectivity index (χ2n) is 7.26. The van der Waals surface area contributed by atoms with E-state index in [9.17, 15) is 9.59 Å². The van der Waals surface area contributed by atoms with Crippen molar-refractivity contribution in [1.29, 1.82) is 0 Å². The van der Waals surface area contributed by atoms with Crippen molar-refractivity contribution >= 4 is 11.8 Å². The van der Waals surface area contributed by atoms with E-state index in [-0.39, 0.29) is 17.7 Å². The molecule has 1 N–H and O–H groups in total. The Bertz CT molecular complexity index is 651. The van der Waals surface area contributed by atoms with Crippen LogP contribution in [0.4, 0.5) is 0 Å². The number of rotatable bonds is 4. The van der Waals surface area contributed by atoms with Crippen molar-refractivity contribution in [2.75, 3.05) is 39.3 Å². The summed E-state index contributed by atoms with van der Waals surface area (Å²) in [4.78, 5) is 28.7. The molecule has 2 aliphatic heterocycles. The molecule has 1 aromatic rings. The predicted octanol–water partition coefficient (Wildman–Crippen LogP) is 0.661. The fourth-order valence-electron chi connectivity index (χ4n) is 3.58.